The molecule has 0 saturated heterocycles. The van der Waals surface area contributed by atoms with Gasteiger partial charge in [-0.2, -0.15) is 0 Å². The lowest BCUT2D eigenvalue weighted by atomic mass is 10.2. The molecule has 3 nitrogen and oxygen atoms in total. The van der Waals surface area contributed by atoms with Crippen molar-refractivity contribution in [3.63, 3.8) is 0 Å². The van der Waals surface area contributed by atoms with Crippen LogP contribution in [0.25, 0.3) is 0 Å². The van der Waals surface area contributed by atoms with E-state index >= 15 is 0 Å². The van der Waals surface area contributed by atoms with Crippen molar-refractivity contribution in [3.8, 4) is 0 Å². The molecule has 0 rings (SSSR count). The van der Waals surface area contributed by atoms with Crippen LogP contribution in [0.15, 0.2) is 0 Å². The number of aliphatic carboxylic acids is 1. The van der Waals surface area contributed by atoms with Gasteiger partial charge in [0, 0.05) is 6.85 Å². The third-order valence-electron chi connectivity index (χ3n) is 0.422. The zero-order chi connectivity index (χ0) is 10.2. The zero-order valence-electron chi connectivity index (χ0n) is 8.51. The summed E-state index contributed by atoms with van der Waals surface area (Å²) in [5, 5.41) is 8.27. The largest absolute Gasteiger partial charge is 0.480 e. The lowest BCUT2D eigenvalue weighted by Gasteiger charge is -1.97. The van der Waals surface area contributed by atoms with Gasteiger partial charge in [0.15, 0.2) is 0 Å². The summed E-state index contributed by atoms with van der Waals surface area (Å²) in [6, 6.07) is -2.04. The van der Waals surface area contributed by atoms with E-state index in [1.807, 2.05) is 0 Å². The maximum Gasteiger partial charge on any atom is 0.320 e. The van der Waals surface area contributed by atoms with Crippen molar-refractivity contribution < 1.29 is 16.8 Å². The van der Waals surface area contributed by atoms with Gasteiger partial charge >= 0.3 is 5.97 Å². The van der Waals surface area contributed by atoms with Crippen LogP contribution in [0.3, 0.4) is 0 Å². The van der Waals surface area contributed by atoms with Crippen molar-refractivity contribution in [2.24, 2.45) is 5.73 Å². The average Bonchev–Trinajstić information content (AvgIpc) is 1.83. The Morgan fingerprint density at radius 3 is 3.14 bits per heavy atom. The summed E-state index contributed by atoms with van der Waals surface area (Å²) in [5.74, 6) is -1.67. The molecule has 0 spiro atoms. The van der Waals surface area contributed by atoms with Crippen LogP contribution in [-0.2, 0) is 4.79 Å². The number of carbonyl (C=O) groups is 1. The highest BCUT2D eigenvalue weighted by atomic mass is 16.4. The molecule has 1 atom stereocenters. The van der Waals surface area contributed by atoms with Crippen molar-refractivity contribution in [1.29, 1.82) is 0 Å². The zero-order valence-corrected chi connectivity index (χ0v) is 3.51. The van der Waals surface area contributed by atoms with Crippen molar-refractivity contribution in [3.05, 3.63) is 0 Å². The van der Waals surface area contributed by atoms with Crippen LogP contribution in [0.4, 0.5) is 0 Å². The van der Waals surface area contributed by atoms with Gasteiger partial charge in [0.05, 0.1) is 0 Å². The number of hydrogen-bond acceptors (Lipinski definition) is 2. The summed E-state index contributed by atoms with van der Waals surface area (Å²) in [4.78, 5) is 10.2. The first-order chi connectivity index (χ1) is 5.10. The van der Waals surface area contributed by atoms with Crippen LogP contribution < -0.4 is 5.73 Å². The smallest absolute Gasteiger partial charge is 0.320 e. The molecule has 0 aromatic carbocycles. The lowest BCUT2D eigenvalue weighted by Crippen LogP contribution is -2.28. The topological polar surface area (TPSA) is 63.3 Å². The highest BCUT2D eigenvalue weighted by Gasteiger charge is 2.05. The number of hydrogen-bond donors (Lipinski definition) is 2. The normalized spacial score (nSPS) is 27.9. The average molecular weight is 108 g/mol. The van der Waals surface area contributed by atoms with Gasteiger partial charge in [-0.15, -0.1) is 0 Å². The summed E-state index contributed by atoms with van der Waals surface area (Å²) >= 11 is 0. The fourth-order valence-corrected chi connectivity index (χ4v) is 0.0617. The first-order valence-corrected chi connectivity index (χ1v) is 1.59. The van der Waals surface area contributed by atoms with Gasteiger partial charge in [0.25, 0.3) is 0 Å². The first-order valence-electron chi connectivity index (χ1n) is 4.09. The van der Waals surface area contributed by atoms with E-state index in [0.717, 1.165) is 0 Å². The Labute approximate surface area is 49.2 Å². The van der Waals surface area contributed by atoms with Gasteiger partial charge in [-0.3, -0.25) is 4.79 Å². The van der Waals surface area contributed by atoms with E-state index in [1.165, 1.54) is 0 Å². The van der Waals surface area contributed by atoms with E-state index in [9.17, 15) is 4.79 Å². The number of rotatable bonds is 2. The third kappa shape index (κ3) is 2.17. The van der Waals surface area contributed by atoms with Gasteiger partial charge in [-0.05, 0) is 6.37 Å². The van der Waals surface area contributed by atoms with Gasteiger partial charge in [0.2, 0.25) is 0 Å². The molecule has 0 saturated carbocycles. The maximum atomic E-state index is 10.2. The van der Waals surface area contributed by atoms with Crippen LogP contribution in [0, 0.1) is 0 Å². The Balaban J connectivity index is 4.73. The fraction of sp³-hybridized carbons (Fsp3) is 0.750. The molecule has 0 aromatic heterocycles. The summed E-state index contributed by atoms with van der Waals surface area (Å²) in [6.45, 7) is -3.02. The molecule has 0 aliphatic heterocycles. The molecule has 0 radical (unpaired) electrons. The molecule has 0 aliphatic rings. The van der Waals surface area contributed by atoms with E-state index in [1.54, 1.807) is 0 Å². The Morgan fingerprint density at radius 1 is 2.43 bits per heavy atom. The minimum absolute atomic E-state index is 1.67. The second kappa shape index (κ2) is 2.58. The monoisotopic (exact) mass is 108 g/mol. The third-order valence-corrected chi connectivity index (χ3v) is 0.422. The predicted octanol–water partition coefficient (Wildman–Crippen LogP) is -0.192. The second-order valence-electron chi connectivity index (χ2n) is 0.960. The Hall–Kier alpha value is -0.570. The Bertz CT molecular complexity index is 188. The van der Waals surface area contributed by atoms with E-state index in [-0.39, 0.29) is 0 Å². The van der Waals surface area contributed by atoms with Crippen LogP contribution >= 0.6 is 0 Å². The molecule has 3 heteroatoms. The van der Waals surface area contributed by atoms with Crippen LogP contribution in [0.1, 0.15) is 20.1 Å². The predicted molar refractivity (Wildman–Crippen MR) is 25.9 cm³/mol. The molecular weight excluding hydrogens is 94.0 g/mol. The highest BCUT2D eigenvalue weighted by molar-refractivity contribution is 5.72. The molecule has 0 aliphatic carbocycles. The minimum atomic E-state index is -3.02. The molecule has 3 N–H and O–H groups in total. The molecule has 0 heterocycles. The van der Waals surface area contributed by atoms with Gasteiger partial charge in [-0.25, -0.2) is 0 Å². The molecule has 42 valence electrons. The summed E-state index contributed by atoms with van der Waals surface area (Å²) in [6.07, 6.45) is -2.90. The summed E-state index contributed by atoms with van der Waals surface area (Å²) < 4.78 is 33.8. The fourth-order valence-electron chi connectivity index (χ4n) is 0.0617. The van der Waals surface area contributed by atoms with E-state index in [0.29, 0.717) is 0 Å². The van der Waals surface area contributed by atoms with E-state index < -0.39 is 25.2 Å². The highest BCUT2D eigenvalue weighted by Crippen LogP contribution is 1.82. The Morgan fingerprint density at radius 2 is 3.00 bits per heavy atom. The summed E-state index contributed by atoms with van der Waals surface area (Å²) in [5.41, 5.74) is 4.85. The minimum Gasteiger partial charge on any atom is -0.480 e. The van der Waals surface area contributed by atoms with Crippen LogP contribution in [-0.4, -0.2) is 17.1 Å². The van der Waals surface area contributed by atoms with E-state index in [2.05, 4.69) is 0 Å². The molecule has 0 aromatic rings. The first kappa shape index (κ1) is 1.74. The van der Waals surface area contributed by atoms with Crippen LogP contribution in [0.2, 0.25) is 0 Å². The van der Waals surface area contributed by atoms with Gasteiger partial charge in [0.1, 0.15) is 6.04 Å². The van der Waals surface area contributed by atoms with Crippen molar-refractivity contribution in [2.75, 3.05) is 0 Å². The summed E-state index contributed by atoms with van der Waals surface area (Å²) in [7, 11) is 0. The molecule has 0 bridgehead atoms. The van der Waals surface area contributed by atoms with Gasteiger partial charge < -0.3 is 10.8 Å². The standard InChI is InChI=1S/C4H9NO2/c1-2-3(5)4(6)7/h3H,2,5H2,1H3,(H,6,7)/t3-/m0/s1/i1D3,2D2. The quantitative estimate of drug-likeness (QED) is 0.515. The van der Waals surface area contributed by atoms with Gasteiger partial charge in [-0.1, -0.05) is 6.85 Å². The second-order valence-corrected chi connectivity index (χ2v) is 0.960. The lowest BCUT2D eigenvalue weighted by molar-refractivity contribution is -0.138. The SMILES string of the molecule is [2H]C([2H])([2H])C([2H])([2H])[C@H](N)C(=O)O. The van der Waals surface area contributed by atoms with Crippen molar-refractivity contribution >= 4 is 5.97 Å². The molecule has 0 amide bonds. The molecule has 0 unspecified atom stereocenters. The maximum absolute atomic E-state index is 10.2. The number of carboxylic acid groups (broad SMARTS) is 1. The van der Waals surface area contributed by atoms with Crippen molar-refractivity contribution in [2.45, 2.75) is 19.3 Å². The molecule has 0 fully saturated rings. The van der Waals surface area contributed by atoms with Crippen molar-refractivity contribution in [1.82, 2.24) is 0 Å². The number of carboxylic acids is 1. The van der Waals surface area contributed by atoms with Crippen LogP contribution in [0.5, 0.6) is 0 Å². The molecule has 7 heavy (non-hydrogen) atoms. The van der Waals surface area contributed by atoms with E-state index in [4.69, 9.17) is 17.7 Å². The number of nitrogens with two attached hydrogens (primary N) is 1. The Kier molecular flexibility index (Phi) is 0.642. The molecular formula is C4H9NO2.